The van der Waals surface area contributed by atoms with Gasteiger partial charge in [-0.15, -0.1) is 0 Å². The van der Waals surface area contributed by atoms with Crippen LogP contribution in [0, 0.1) is 0 Å². The molecule has 13 heteroatoms. The molecule has 0 unspecified atom stereocenters. The van der Waals surface area contributed by atoms with Crippen molar-refractivity contribution in [2.45, 2.75) is 24.1 Å². The maximum atomic E-state index is 11.9. The van der Waals surface area contributed by atoms with Gasteiger partial charge in [0.05, 0.1) is 75.0 Å². The molecule has 3 fully saturated rings. The molecule has 2 N–H and O–H groups in total. The average molecular weight is 587 g/mol. The quantitative estimate of drug-likeness (QED) is 0.379. The topological polar surface area (TPSA) is 120 Å². The fourth-order valence-corrected chi connectivity index (χ4v) is 5.93. The maximum absolute atomic E-state index is 11.9. The van der Waals surface area contributed by atoms with Crippen molar-refractivity contribution in [3.05, 3.63) is 41.0 Å². The Morgan fingerprint density at radius 1 is 1.15 bits per heavy atom. The van der Waals surface area contributed by atoms with E-state index < -0.39 is 0 Å². The van der Waals surface area contributed by atoms with Gasteiger partial charge in [0.1, 0.15) is 22.6 Å². The molecule has 0 radical (unpaired) electrons. The zero-order valence-corrected chi connectivity index (χ0v) is 23.5. The van der Waals surface area contributed by atoms with Crippen molar-refractivity contribution in [2.24, 2.45) is 0 Å². The Morgan fingerprint density at radius 2 is 1.85 bits per heavy atom. The van der Waals surface area contributed by atoms with Crippen molar-refractivity contribution in [3.8, 4) is 22.8 Å². The molecule has 0 saturated carbocycles. The van der Waals surface area contributed by atoms with Gasteiger partial charge in [-0.05, 0) is 12.1 Å². The summed E-state index contributed by atoms with van der Waals surface area (Å²) in [5.74, 6) is 1.62. The highest BCUT2D eigenvalue weighted by molar-refractivity contribution is 6.41. The second-order valence-electron chi connectivity index (χ2n) is 9.99. The minimum absolute atomic E-state index is 0.135. The number of carbonyl (C=O) groups excluding carboxylic acids is 1. The molecule has 3 aromatic rings. The molecule has 2 atom stereocenters. The van der Waals surface area contributed by atoms with Gasteiger partial charge in [0.2, 0.25) is 11.9 Å². The molecule has 6 rings (SSSR count). The van der Waals surface area contributed by atoms with Gasteiger partial charge < -0.3 is 34.5 Å². The van der Waals surface area contributed by atoms with Crippen LogP contribution in [0.3, 0.4) is 0 Å². The molecule has 1 aromatic carbocycles. The Kier molecular flexibility index (Phi) is 7.07. The zero-order chi connectivity index (χ0) is 28.0. The first kappa shape index (κ1) is 26.8. The van der Waals surface area contributed by atoms with Crippen molar-refractivity contribution >= 4 is 51.8 Å². The maximum Gasteiger partial charge on any atom is 0.243 e. The van der Waals surface area contributed by atoms with Crippen LogP contribution in [-0.4, -0.2) is 85.7 Å². The molecular formula is C27H28Cl2N6O5. The Hall–Kier alpha value is -3.38. The molecule has 3 aliphatic heterocycles. The number of carbonyl (C=O) groups is 1. The summed E-state index contributed by atoms with van der Waals surface area (Å²) in [6.45, 7) is 6.44. The number of benzene rings is 1. The number of ether oxygens (including phenoxy) is 4. The minimum atomic E-state index is -0.267. The van der Waals surface area contributed by atoms with Crippen LogP contribution in [0.2, 0.25) is 10.0 Å². The lowest BCUT2D eigenvalue weighted by Gasteiger charge is -2.55. The van der Waals surface area contributed by atoms with E-state index in [-0.39, 0.29) is 23.6 Å². The standard InChI is InChI=1S/C27H28Cl2N6O5/c1-4-20(36)31-16-10-39-11-17(16)33-26-30-9-14-7-15(21-22(28)18(37-2)8-19(38-3)23(21)29)32-25(24(14)34-26)35-12-27(13-35)5-6-40-27/h4,7-9,16-17H,1,5-6,10-13H2,2-3H3,(H,31,36)(H,30,33,34)/t16-,17+/m0/s1. The lowest BCUT2D eigenvalue weighted by molar-refractivity contribution is -0.161. The Morgan fingerprint density at radius 3 is 2.48 bits per heavy atom. The Bertz CT molecular complexity index is 1460. The first-order valence-electron chi connectivity index (χ1n) is 12.8. The van der Waals surface area contributed by atoms with Gasteiger partial charge in [-0.25, -0.2) is 15.0 Å². The van der Waals surface area contributed by atoms with Gasteiger partial charge in [-0.1, -0.05) is 29.8 Å². The van der Waals surface area contributed by atoms with Crippen molar-refractivity contribution in [3.63, 3.8) is 0 Å². The molecule has 210 valence electrons. The predicted molar refractivity (Wildman–Crippen MR) is 152 cm³/mol. The van der Waals surface area contributed by atoms with Crippen LogP contribution in [0.5, 0.6) is 11.5 Å². The number of nitrogens with one attached hydrogen (secondary N) is 2. The summed E-state index contributed by atoms with van der Waals surface area (Å²) in [6.07, 6.45) is 3.97. The van der Waals surface area contributed by atoms with Crippen molar-refractivity contribution in [1.29, 1.82) is 0 Å². The molecule has 5 heterocycles. The number of nitrogens with zero attached hydrogens (tertiary/aromatic N) is 4. The van der Waals surface area contributed by atoms with Crippen LogP contribution in [0.15, 0.2) is 31.0 Å². The molecule has 0 aliphatic carbocycles. The number of halogens is 2. The van der Waals surface area contributed by atoms with Crippen LogP contribution >= 0.6 is 23.2 Å². The van der Waals surface area contributed by atoms with Gasteiger partial charge in [-0.3, -0.25) is 4.79 Å². The highest BCUT2D eigenvalue weighted by Gasteiger charge is 2.50. The summed E-state index contributed by atoms with van der Waals surface area (Å²) < 4.78 is 22.4. The monoisotopic (exact) mass is 586 g/mol. The first-order chi connectivity index (χ1) is 19.3. The molecule has 1 spiro atoms. The summed E-state index contributed by atoms with van der Waals surface area (Å²) in [5, 5.41) is 7.57. The highest BCUT2D eigenvalue weighted by atomic mass is 35.5. The smallest absolute Gasteiger partial charge is 0.243 e. The number of amides is 1. The summed E-state index contributed by atoms with van der Waals surface area (Å²) in [6, 6.07) is 3.02. The van der Waals surface area contributed by atoms with E-state index >= 15 is 0 Å². The minimum Gasteiger partial charge on any atom is -0.495 e. The number of methoxy groups -OCH3 is 2. The number of hydrogen-bond acceptors (Lipinski definition) is 10. The van der Waals surface area contributed by atoms with E-state index in [4.69, 9.17) is 52.1 Å². The SMILES string of the molecule is C=CC(=O)N[C@H]1COC[C@H]1Nc1ncc2cc(-c3c(Cl)c(OC)cc(OC)c3Cl)nc(N3CC4(CCO4)C3)c2n1. The number of fused-ring (bicyclic) bond motifs is 1. The third-order valence-electron chi connectivity index (χ3n) is 7.51. The largest absolute Gasteiger partial charge is 0.495 e. The van der Waals surface area contributed by atoms with Crippen molar-refractivity contribution < 1.29 is 23.7 Å². The molecule has 2 aromatic heterocycles. The second-order valence-corrected chi connectivity index (χ2v) is 10.7. The fraction of sp³-hybridized carbons (Fsp3) is 0.407. The van der Waals surface area contributed by atoms with Crippen molar-refractivity contribution in [2.75, 3.05) is 57.3 Å². The molecular weight excluding hydrogens is 559 g/mol. The van der Waals surface area contributed by atoms with E-state index in [9.17, 15) is 4.79 Å². The van der Waals surface area contributed by atoms with Crippen LogP contribution in [0.1, 0.15) is 6.42 Å². The second kappa shape index (κ2) is 10.5. The number of pyridine rings is 1. The third-order valence-corrected chi connectivity index (χ3v) is 8.26. The fourth-order valence-electron chi connectivity index (χ4n) is 5.24. The number of rotatable bonds is 8. The molecule has 1 amide bonds. The number of hydrogen-bond donors (Lipinski definition) is 2. The Labute approximate surface area is 240 Å². The van der Waals surface area contributed by atoms with Crippen LogP contribution in [0.25, 0.3) is 22.2 Å². The normalized spacial score (nSPS) is 21.1. The molecule has 40 heavy (non-hydrogen) atoms. The third kappa shape index (κ3) is 4.66. The summed E-state index contributed by atoms with van der Waals surface area (Å²) >= 11 is 13.5. The van der Waals surface area contributed by atoms with Crippen LogP contribution in [-0.2, 0) is 14.3 Å². The van der Waals surface area contributed by atoms with Crippen LogP contribution in [0.4, 0.5) is 11.8 Å². The predicted octanol–water partition coefficient (Wildman–Crippen LogP) is 3.48. The summed E-state index contributed by atoms with van der Waals surface area (Å²) in [4.78, 5) is 28.4. The molecule has 0 bridgehead atoms. The van der Waals surface area contributed by atoms with Crippen LogP contribution < -0.4 is 25.0 Å². The Balaban J connectivity index is 1.41. The van der Waals surface area contributed by atoms with Gasteiger partial charge in [0.15, 0.2) is 5.82 Å². The van der Waals surface area contributed by atoms with E-state index in [2.05, 4.69) is 27.1 Å². The van der Waals surface area contributed by atoms with Gasteiger partial charge in [-0.2, -0.15) is 0 Å². The zero-order valence-electron chi connectivity index (χ0n) is 22.0. The highest BCUT2D eigenvalue weighted by Crippen LogP contribution is 2.47. The average Bonchev–Trinajstić information content (AvgIpc) is 3.33. The van der Waals surface area contributed by atoms with E-state index in [1.54, 1.807) is 12.3 Å². The number of anilines is 2. The molecule has 3 saturated heterocycles. The molecule has 11 nitrogen and oxygen atoms in total. The van der Waals surface area contributed by atoms with Gasteiger partial charge in [0, 0.05) is 29.6 Å². The lowest BCUT2D eigenvalue weighted by atomic mass is 9.86. The number of aromatic nitrogens is 3. The lowest BCUT2D eigenvalue weighted by Crippen LogP contribution is -2.68. The first-order valence-corrected chi connectivity index (χ1v) is 13.5. The molecule has 3 aliphatic rings. The summed E-state index contributed by atoms with van der Waals surface area (Å²) in [7, 11) is 3.06. The van der Waals surface area contributed by atoms with E-state index in [0.717, 1.165) is 18.4 Å². The summed E-state index contributed by atoms with van der Waals surface area (Å²) in [5.41, 5.74) is 1.54. The van der Waals surface area contributed by atoms with Gasteiger partial charge >= 0.3 is 0 Å². The van der Waals surface area contributed by atoms with E-state index in [0.29, 0.717) is 76.4 Å². The van der Waals surface area contributed by atoms with Crippen molar-refractivity contribution in [1.82, 2.24) is 20.3 Å². The van der Waals surface area contributed by atoms with E-state index in [1.165, 1.54) is 20.3 Å². The van der Waals surface area contributed by atoms with E-state index in [1.807, 2.05) is 6.07 Å². The van der Waals surface area contributed by atoms with Gasteiger partial charge in [0.25, 0.3) is 0 Å².